The largest absolute Gasteiger partial charge is 0.355 e. The van der Waals surface area contributed by atoms with Gasteiger partial charge >= 0.3 is 0 Å². The molecule has 0 bridgehead atoms. The summed E-state index contributed by atoms with van der Waals surface area (Å²) in [5, 5.41) is 4.44. The highest BCUT2D eigenvalue weighted by molar-refractivity contribution is 9.10. The number of hydrogen-bond donors (Lipinski definition) is 1. The second-order valence-electron chi connectivity index (χ2n) is 9.52. The van der Waals surface area contributed by atoms with Gasteiger partial charge in [-0.1, -0.05) is 94.8 Å². The molecule has 0 spiro atoms. The Hall–Kier alpha value is -3.69. The van der Waals surface area contributed by atoms with Crippen LogP contribution in [0, 0.1) is 0 Å². The predicted octanol–water partition coefficient (Wildman–Crippen LogP) is 5.14. The molecule has 208 valence electrons. The molecule has 40 heavy (non-hydrogen) atoms. The number of rotatable bonds is 11. The Morgan fingerprint density at radius 2 is 1.52 bits per heavy atom. The van der Waals surface area contributed by atoms with Gasteiger partial charge < -0.3 is 10.2 Å². The second-order valence-corrected chi connectivity index (χ2v) is 12.3. The van der Waals surface area contributed by atoms with Gasteiger partial charge in [0.25, 0.3) is 0 Å². The summed E-state index contributed by atoms with van der Waals surface area (Å²) in [5.74, 6) is -0.781. The lowest BCUT2D eigenvalue weighted by atomic mass is 10.0. The van der Waals surface area contributed by atoms with E-state index in [0.29, 0.717) is 17.6 Å². The molecular formula is C31H32BrN3O4S. The molecule has 1 atom stereocenters. The van der Waals surface area contributed by atoms with Crippen LogP contribution >= 0.6 is 15.9 Å². The Kier molecular flexibility index (Phi) is 9.60. The van der Waals surface area contributed by atoms with Crippen LogP contribution < -0.4 is 9.62 Å². The summed E-state index contributed by atoms with van der Waals surface area (Å²) in [6, 6.07) is 28.9. The minimum atomic E-state index is -3.85. The van der Waals surface area contributed by atoms with E-state index in [9.17, 15) is 18.0 Å². The second kappa shape index (κ2) is 13.1. The molecular weight excluding hydrogens is 590 g/mol. The van der Waals surface area contributed by atoms with Gasteiger partial charge in [-0.15, -0.1) is 0 Å². The molecule has 0 fully saturated rings. The molecule has 0 radical (unpaired) electrons. The molecule has 0 aliphatic heterocycles. The maximum atomic E-state index is 14.2. The Balaban J connectivity index is 1.77. The van der Waals surface area contributed by atoms with Crippen LogP contribution in [0.1, 0.15) is 18.1 Å². The first-order valence-corrected chi connectivity index (χ1v) is 15.6. The topological polar surface area (TPSA) is 86.8 Å². The van der Waals surface area contributed by atoms with Crippen molar-refractivity contribution < 1.29 is 18.0 Å². The highest BCUT2D eigenvalue weighted by Gasteiger charge is 2.33. The minimum Gasteiger partial charge on any atom is -0.355 e. The Morgan fingerprint density at radius 3 is 2.23 bits per heavy atom. The van der Waals surface area contributed by atoms with Crippen molar-refractivity contribution in [2.45, 2.75) is 25.9 Å². The van der Waals surface area contributed by atoms with Gasteiger partial charge in [-0.3, -0.25) is 13.9 Å². The third-order valence-corrected chi connectivity index (χ3v) is 8.20. The molecule has 0 saturated heterocycles. The van der Waals surface area contributed by atoms with Gasteiger partial charge in [0.15, 0.2) is 0 Å². The fourth-order valence-electron chi connectivity index (χ4n) is 4.70. The molecule has 0 aromatic heterocycles. The van der Waals surface area contributed by atoms with E-state index >= 15 is 0 Å². The van der Waals surface area contributed by atoms with Crippen LogP contribution in [0.15, 0.2) is 102 Å². The molecule has 4 rings (SSSR count). The van der Waals surface area contributed by atoms with E-state index < -0.39 is 28.5 Å². The van der Waals surface area contributed by atoms with E-state index in [2.05, 4.69) is 21.2 Å². The smallest absolute Gasteiger partial charge is 0.244 e. The number of anilines is 1. The van der Waals surface area contributed by atoms with Crippen LogP contribution in [0.3, 0.4) is 0 Å². The molecule has 0 saturated carbocycles. The quantitative estimate of drug-likeness (QED) is 0.251. The summed E-state index contributed by atoms with van der Waals surface area (Å²) in [6.45, 7) is 1.89. The molecule has 0 heterocycles. The summed E-state index contributed by atoms with van der Waals surface area (Å²) in [4.78, 5) is 29.1. The lowest BCUT2D eigenvalue weighted by Crippen LogP contribution is -2.53. The number of nitrogens with one attached hydrogen (secondary N) is 1. The van der Waals surface area contributed by atoms with Gasteiger partial charge in [0.05, 0.1) is 11.9 Å². The average Bonchev–Trinajstić information content (AvgIpc) is 2.93. The molecule has 1 N–H and O–H groups in total. The van der Waals surface area contributed by atoms with E-state index in [1.165, 1.54) is 4.90 Å². The fourth-order valence-corrected chi connectivity index (χ4v) is 6.01. The normalized spacial score (nSPS) is 12.1. The number of sulfonamides is 1. The highest BCUT2D eigenvalue weighted by atomic mass is 79.9. The number of fused-ring (bicyclic) bond motifs is 1. The number of amides is 2. The lowest BCUT2D eigenvalue weighted by Gasteiger charge is -2.33. The zero-order valence-corrected chi connectivity index (χ0v) is 24.9. The van der Waals surface area contributed by atoms with Crippen LogP contribution in [-0.4, -0.2) is 50.5 Å². The molecule has 0 aliphatic rings. The molecule has 9 heteroatoms. The minimum absolute atomic E-state index is 0.125. The number of benzene rings is 4. The highest BCUT2D eigenvalue weighted by Crippen LogP contribution is 2.29. The Bertz CT molecular complexity index is 1590. The zero-order valence-electron chi connectivity index (χ0n) is 22.5. The fraction of sp³-hybridized carbons (Fsp3) is 0.226. The van der Waals surface area contributed by atoms with Crippen LogP contribution in [0.5, 0.6) is 0 Å². The molecule has 4 aromatic rings. The van der Waals surface area contributed by atoms with Crippen molar-refractivity contribution in [2.75, 3.05) is 23.7 Å². The standard InChI is InChI=1S/C31H32BrN3O4S/c1-3-33-31(37)29(20-23-11-5-4-6-12-23)34(21-24-13-9-16-26(32)19-24)30(36)22-35(40(2,38)39)28-18-10-15-25-14-7-8-17-27(25)28/h4-19,29H,3,20-22H2,1-2H3,(H,33,37). The molecule has 2 amide bonds. The average molecular weight is 623 g/mol. The van der Waals surface area contributed by atoms with Crippen molar-refractivity contribution in [1.82, 2.24) is 10.2 Å². The van der Waals surface area contributed by atoms with Crippen molar-refractivity contribution in [3.05, 3.63) is 113 Å². The summed E-state index contributed by atoms with van der Waals surface area (Å²) in [6.07, 6.45) is 1.37. The van der Waals surface area contributed by atoms with Crippen molar-refractivity contribution >= 4 is 54.2 Å². The number of carbonyl (C=O) groups excluding carboxylic acids is 2. The monoisotopic (exact) mass is 621 g/mol. The number of likely N-dealkylation sites (N-methyl/N-ethyl adjacent to an activating group) is 1. The molecule has 1 unspecified atom stereocenters. The Morgan fingerprint density at radius 1 is 0.875 bits per heavy atom. The molecule has 4 aromatic carbocycles. The van der Waals surface area contributed by atoms with E-state index in [1.807, 2.05) is 91.9 Å². The maximum Gasteiger partial charge on any atom is 0.244 e. The van der Waals surface area contributed by atoms with Gasteiger partial charge in [0, 0.05) is 29.4 Å². The SMILES string of the molecule is CCNC(=O)C(Cc1ccccc1)N(Cc1cccc(Br)c1)C(=O)CN(c1cccc2ccccc12)S(C)(=O)=O. The Labute approximate surface area is 244 Å². The zero-order chi connectivity index (χ0) is 28.7. The molecule has 7 nitrogen and oxygen atoms in total. The first-order valence-electron chi connectivity index (χ1n) is 13.0. The van der Waals surface area contributed by atoms with Gasteiger partial charge in [-0.25, -0.2) is 8.42 Å². The third-order valence-electron chi connectivity index (χ3n) is 6.58. The first kappa shape index (κ1) is 29.3. The number of hydrogen-bond acceptors (Lipinski definition) is 4. The van der Waals surface area contributed by atoms with Gasteiger partial charge in [0.1, 0.15) is 12.6 Å². The lowest BCUT2D eigenvalue weighted by molar-refractivity contribution is -0.140. The first-order chi connectivity index (χ1) is 19.2. The van der Waals surface area contributed by atoms with E-state index in [4.69, 9.17) is 0 Å². The van der Waals surface area contributed by atoms with Gasteiger partial charge in [-0.05, 0) is 41.6 Å². The molecule has 0 aliphatic carbocycles. The van der Waals surface area contributed by atoms with Crippen LogP contribution in [0.25, 0.3) is 10.8 Å². The van der Waals surface area contributed by atoms with E-state index in [-0.39, 0.29) is 18.9 Å². The summed E-state index contributed by atoms with van der Waals surface area (Å²) < 4.78 is 28.2. The van der Waals surface area contributed by atoms with Crippen LogP contribution in [0.4, 0.5) is 5.69 Å². The van der Waals surface area contributed by atoms with Crippen LogP contribution in [0.2, 0.25) is 0 Å². The summed E-state index contributed by atoms with van der Waals surface area (Å²) >= 11 is 3.48. The summed E-state index contributed by atoms with van der Waals surface area (Å²) in [7, 11) is -3.85. The van der Waals surface area contributed by atoms with Crippen molar-refractivity contribution in [3.8, 4) is 0 Å². The van der Waals surface area contributed by atoms with Crippen molar-refractivity contribution in [2.24, 2.45) is 0 Å². The number of nitrogens with zero attached hydrogens (tertiary/aromatic N) is 2. The van der Waals surface area contributed by atoms with Crippen molar-refractivity contribution in [1.29, 1.82) is 0 Å². The van der Waals surface area contributed by atoms with Gasteiger partial charge in [-0.2, -0.15) is 0 Å². The van der Waals surface area contributed by atoms with Gasteiger partial charge in [0.2, 0.25) is 21.8 Å². The van der Waals surface area contributed by atoms with E-state index in [0.717, 1.165) is 31.5 Å². The predicted molar refractivity (Wildman–Crippen MR) is 163 cm³/mol. The third kappa shape index (κ3) is 7.28. The van der Waals surface area contributed by atoms with Crippen molar-refractivity contribution in [3.63, 3.8) is 0 Å². The summed E-state index contributed by atoms with van der Waals surface area (Å²) in [5.41, 5.74) is 2.11. The van der Waals surface area contributed by atoms with Crippen LogP contribution in [-0.2, 0) is 32.6 Å². The van der Waals surface area contributed by atoms with E-state index in [1.54, 1.807) is 12.1 Å². The number of carbonyl (C=O) groups is 2. The number of halogens is 1. The maximum absolute atomic E-state index is 14.2.